The Morgan fingerprint density at radius 2 is 2.20 bits per heavy atom. The van der Waals surface area contributed by atoms with Crippen LogP contribution in [0, 0.1) is 10.1 Å². The van der Waals surface area contributed by atoms with Crippen LogP contribution in [-0.4, -0.2) is 9.91 Å². The lowest BCUT2D eigenvalue weighted by molar-refractivity contribution is -0.385. The van der Waals surface area contributed by atoms with Crippen molar-refractivity contribution in [3.8, 4) is 0 Å². The van der Waals surface area contributed by atoms with E-state index in [0.29, 0.717) is 20.4 Å². The van der Waals surface area contributed by atoms with E-state index in [-0.39, 0.29) is 5.69 Å². The minimum Gasteiger partial charge on any atom is -0.258 e. The lowest BCUT2D eigenvalue weighted by Gasteiger charge is -2.01. The molecule has 6 heteroatoms. The van der Waals surface area contributed by atoms with Crippen molar-refractivity contribution in [2.45, 2.75) is 0 Å². The summed E-state index contributed by atoms with van der Waals surface area (Å²) in [6, 6.07) is 5.14. The fourth-order valence-electron chi connectivity index (χ4n) is 1.27. The zero-order chi connectivity index (χ0) is 11.0. The Morgan fingerprint density at radius 1 is 1.47 bits per heavy atom. The minimum absolute atomic E-state index is 0.0650. The first-order chi connectivity index (χ1) is 7.11. The first kappa shape index (κ1) is 10.3. The van der Waals surface area contributed by atoms with Gasteiger partial charge in [0.15, 0.2) is 0 Å². The van der Waals surface area contributed by atoms with Gasteiger partial charge in [0.05, 0.1) is 15.5 Å². The molecule has 76 valence electrons. The zero-order valence-corrected chi connectivity index (χ0v) is 9.62. The van der Waals surface area contributed by atoms with Crippen LogP contribution in [0.2, 0.25) is 5.02 Å². The molecule has 1 aromatic heterocycles. The van der Waals surface area contributed by atoms with E-state index in [4.69, 9.17) is 11.6 Å². The second-order valence-electron chi connectivity index (χ2n) is 2.85. The minimum atomic E-state index is -0.489. The first-order valence-electron chi connectivity index (χ1n) is 3.98. The quantitative estimate of drug-likeness (QED) is 0.595. The molecule has 0 spiro atoms. The monoisotopic (exact) mass is 286 g/mol. The van der Waals surface area contributed by atoms with E-state index in [9.17, 15) is 10.1 Å². The van der Waals surface area contributed by atoms with Crippen LogP contribution in [0.5, 0.6) is 0 Å². The first-order valence-corrected chi connectivity index (χ1v) is 5.15. The summed E-state index contributed by atoms with van der Waals surface area (Å²) in [5, 5.41) is 11.8. The van der Waals surface area contributed by atoms with Crippen LogP contribution in [0.3, 0.4) is 0 Å². The Labute approximate surface area is 98.2 Å². The lowest BCUT2D eigenvalue weighted by atomic mass is 10.2. The standard InChI is InChI=1S/C9H4BrClN2O2/c10-8-5-2-1-3-6(11)9(5)12-4-7(8)13(14)15/h1-4H. The van der Waals surface area contributed by atoms with Gasteiger partial charge in [-0.25, -0.2) is 4.98 Å². The molecule has 0 saturated heterocycles. The summed E-state index contributed by atoms with van der Waals surface area (Å²) in [6.45, 7) is 0. The molecule has 0 aliphatic rings. The molecule has 0 saturated carbocycles. The molecule has 4 nitrogen and oxygen atoms in total. The third kappa shape index (κ3) is 1.68. The van der Waals surface area contributed by atoms with Gasteiger partial charge in [0.1, 0.15) is 10.7 Å². The molecule has 0 radical (unpaired) electrons. The third-order valence-electron chi connectivity index (χ3n) is 1.96. The molecule has 1 aromatic carbocycles. The van der Waals surface area contributed by atoms with Crippen LogP contribution in [-0.2, 0) is 0 Å². The predicted molar refractivity (Wildman–Crippen MR) is 61.1 cm³/mol. The maximum atomic E-state index is 10.7. The van der Waals surface area contributed by atoms with Crippen molar-refractivity contribution >= 4 is 44.1 Å². The molecule has 0 amide bonds. The van der Waals surface area contributed by atoms with Gasteiger partial charge < -0.3 is 0 Å². The third-order valence-corrected chi connectivity index (χ3v) is 3.10. The van der Waals surface area contributed by atoms with Crippen molar-refractivity contribution in [3.63, 3.8) is 0 Å². The Kier molecular flexibility index (Phi) is 2.58. The molecular formula is C9H4BrClN2O2. The Balaban J connectivity index is 2.86. The van der Waals surface area contributed by atoms with Crippen LogP contribution in [0.25, 0.3) is 10.9 Å². The number of para-hydroxylation sites is 1. The second kappa shape index (κ2) is 3.75. The molecular weight excluding hydrogens is 283 g/mol. The number of halogens is 2. The van der Waals surface area contributed by atoms with Gasteiger partial charge in [-0.15, -0.1) is 0 Å². The number of nitrogens with zero attached hydrogens (tertiary/aromatic N) is 2. The number of rotatable bonds is 1. The summed E-state index contributed by atoms with van der Waals surface area (Å²) in [5.74, 6) is 0. The van der Waals surface area contributed by atoms with Crippen molar-refractivity contribution in [1.82, 2.24) is 4.98 Å². The molecule has 0 atom stereocenters. The van der Waals surface area contributed by atoms with E-state index < -0.39 is 4.92 Å². The molecule has 1 heterocycles. The van der Waals surface area contributed by atoms with E-state index in [1.165, 1.54) is 6.20 Å². The number of benzene rings is 1. The van der Waals surface area contributed by atoms with Crippen LogP contribution < -0.4 is 0 Å². The van der Waals surface area contributed by atoms with E-state index >= 15 is 0 Å². The summed E-state index contributed by atoms with van der Waals surface area (Å²) in [4.78, 5) is 14.1. The molecule has 0 bridgehead atoms. The largest absolute Gasteiger partial charge is 0.302 e. The molecule has 0 fully saturated rings. The molecule has 2 aromatic rings. The van der Waals surface area contributed by atoms with Crippen LogP contribution in [0.1, 0.15) is 0 Å². The van der Waals surface area contributed by atoms with E-state index in [1.54, 1.807) is 18.2 Å². The van der Waals surface area contributed by atoms with Crippen LogP contribution in [0.15, 0.2) is 28.9 Å². The number of pyridine rings is 1. The van der Waals surface area contributed by atoms with Crippen molar-refractivity contribution in [2.24, 2.45) is 0 Å². The van der Waals surface area contributed by atoms with Gasteiger partial charge in [0, 0.05) is 5.39 Å². The van der Waals surface area contributed by atoms with Gasteiger partial charge >= 0.3 is 5.69 Å². The number of nitro groups is 1. The van der Waals surface area contributed by atoms with Gasteiger partial charge in [-0.1, -0.05) is 23.7 Å². The van der Waals surface area contributed by atoms with Gasteiger partial charge in [0.2, 0.25) is 0 Å². The normalized spacial score (nSPS) is 10.5. The summed E-state index contributed by atoms with van der Waals surface area (Å²) in [5.41, 5.74) is 0.487. The topological polar surface area (TPSA) is 56.0 Å². The van der Waals surface area contributed by atoms with E-state index in [2.05, 4.69) is 20.9 Å². The van der Waals surface area contributed by atoms with Crippen LogP contribution >= 0.6 is 27.5 Å². The van der Waals surface area contributed by atoms with Crippen molar-refractivity contribution in [1.29, 1.82) is 0 Å². The molecule has 2 rings (SSSR count). The number of aromatic nitrogens is 1. The summed E-state index contributed by atoms with van der Waals surface area (Å²) < 4.78 is 0.403. The molecule has 15 heavy (non-hydrogen) atoms. The van der Waals surface area contributed by atoms with E-state index in [1.807, 2.05) is 0 Å². The molecule has 0 N–H and O–H groups in total. The highest BCUT2D eigenvalue weighted by Gasteiger charge is 2.16. The smallest absolute Gasteiger partial charge is 0.258 e. The highest BCUT2D eigenvalue weighted by molar-refractivity contribution is 9.10. The van der Waals surface area contributed by atoms with Crippen molar-refractivity contribution in [3.05, 3.63) is 44.0 Å². The SMILES string of the molecule is O=[N+]([O-])c1cnc2c(Cl)cccc2c1Br. The average Bonchev–Trinajstić information content (AvgIpc) is 2.19. The average molecular weight is 288 g/mol. The highest BCUT2D eigenvalue weighted by atomic mass is 79.9. The molecule has 0 unspecified atom stereocenters. The summed E-state index contributed by atoms with van der Waals surface area (Å²) >= 11 is 9.08. The Hall–Kier alpha value is -1.20. The van der Waals surface area contributed by atoms with Gasteiger partial charge in [-0.05, 0) is 22.0 Å². The molecule has 0 aliphatic carbocycles. The predicted octanol–water partition coefficient (Wildman–Crippen LogP) is 3.56. The maximum absolute atomic E-state index is 10.7. The maximum Gasteiger partial charge on any atom is 0.302 e. The highest BCUT2D eigenvalue weighted by Crippen LogP contribution is 2.33. The Morgan fingerprint density at radius 3 is 2.87 bits per heavy atom. The van der Waals surface area contributed by atoms with Crippen molar-refractivity contribution in [2.75, 3.05) is 0 Å². The number of hydrogen-bond donors (Lipinski definition) is 0. The molecule has 0 aliphatic heterocycles. The summed E-state index contributed by atoms with van der Waals surface area (Å²) in [7, 11) is 0. The lowest BCUT2D eigenvalue weighted by Crippen LogP contribution is -1.92. The fraction of sp³-hybridized carbons (Fsp3) is 0. The van der Waals surface area contributed by atoms with Crippen LogP contribution in [0.4, 0.5) is 5.69 Å². The van der Waals surface area contributed by atoms with Gasteiger partial charge in [-0.2, -0.15) is 0 Å². The second-order valence-corrected chi connectivity index (χ2v) is 4.05. The zero-order valence-electron chi connectivity index (χ0n) is 7.28. The fourth-order valence-corrected chi connectivity index (χ4v) is 2.06. The Bertz CT molecular complexity index is 559. The van der Waals surface area contributed by atoms with Gasteiger partial charge in [-0.3, -0.25) is 10.1 Å². The van der Waals surface area contributed by atoms with E-state index in [0.717, 1.165) is 0 Å². The summed E-state index contributed by atoms with van der Waals surface area (Å²) in [6.07, 6.45) is 1.19. The number of fused-ring (bicyclic) bond motifs is 1. The van der Waals surface area contributed by atoms with Crippen molar-refractivity contribution < 1.29 is 4.92 Å². The number of hydrogen-bond acceptors (Lipinski definition) is 3. The van der Waals surface area contributed by atoms with Gasteiger partial charge in [0.25, 0.3) is 0 Å².